The van der Waals surface area contributed by atoms with Gasteiger partial charge in [0.15, 0.2) is 0 Å². The van der Waals surface area contributed by atoms with Crippen LogP contribution in [-0.4, -0.2) is 21.4 Å². The summed E-state index contributed by atoms with van der Waals surface area (Å²) >= 11 is 0. The fourth-order valence-corrected chi connectivity index (χ4v) is 2.73. The molecular weight excluding hydrogens is 283 g/mol. The highest BCUT2D eigenvalue weighted by Crippen LogP contribution is 2.18. The highest BCUT2D eigenvalue weighted by Gasteiger charge is 2.21. The number of nitrogens with zero attached hydrogens (tertiary/aromatic N) is 3. The Morgan fingerprint density at radius 2 is 2.32 bits per heavy atom. The number of H-pyrrole nitrogens is 1. The third-order valence-corrected chi connectivity index (χ3v) is 3.84. The Balaban J connectivity index is 1.81. The first-order valence-corrected chi connectivity index (χ1v) is 7.06. The summed E-state index contributed by atoms with van der Waals surface area (Å²) in [6.07, 6.45) is 0.679. The van der Waals surface area contributed by atoms with Crippen molar-refractivity contribution in [3.05, 3.63) is 62.6 Å². The number of nitrogens with one attached hydrogen (secondary N) is 1. The maximum absolute atomic E-state index is 14.0. The second kappa shape index (κ2) is 5.70. The van der Waals surface area contributed by atoms with Gasteiger partial charge in [-0.1, -0.05) is 6.07 Å². The molecule has 1 aromatic heterocycles. The molecule has 5 nitrogen and oxygen atoms in total. The summed E-state index contributed by atoms with van der Waals surface area (Å²) in [6.45, 7) is 3.35. The van der Waals surface area contributed by atoms with Crippen molar-refractivity contribution in [2.75, 3.05) is 6.54 Å². The minimum absolute atomic E-state index is 0.118. The first-order valence-electron chi connectivity index (χ1n) is 7.06. The molecule has 1 aromatic carbocycles. The van der Waals surface area contributed by atoms with E-state index in [1.807, 2.05) is 11.0 Å². The third kappa shape index (κ3) is 2.76. The van der Waals surface area contributed by atoms with Gasteiger partial charge in [0.1, 0.15) is 11.6 Å². The first-order chi connectivity index (χ1) is 10.6. The number of nitriles is 1. The van der Waals surface area contributed by atoms with Gasteiger partial charge in [0.25, 0.3) is 5.56 Å². The van der Waals surface area contributed by atoms with Gasteiger partial charge in [0.05, 0.1) is 22.9 Å². The number of aromatic nitrogens is 2. The molecule has 1 aliphatic heterocycles. The van der Waals surface area contributed by atoms with Crippen LogP contribution in [0.25, 0.3) is 0 Å². The molecule has 112 valence electrons. The molecule has 3 rings (SSSR count). The summed E-state index contributed by atoms with van der Waals surface area (Å²) in [5.74, 6) is 0.233. The van der Waals surface area contributed by atoms with Crippen molar-refractivity contribution in [1.29, 1.82) is 5.26 Å². The second-order valence-corrected chi connectivity index (χ2v) is 5.46. The third-order valence-electron chi connectivity index (χ3n) is 3.84. The van der Waals surface area contributed by atoms with Gasteiger partial charge in [-0.2, -0.15) is 5.26 Å². The molecule has 2 heterocycles. The molecule has 0 fully saturated rings. The van der Waals surface area contributed by atoms with Crippen LogP contribution in [0.3, 0.4) is 0 Å². The lowest BCUT2D eigenvalue weighted by atomic mass is 10.1. The van der Waals surface area contributed by atoms with Crippen LogP contribution in [0.5, 0.6) is 0 Å². The monoisotopic (exact) mass is 298 g/mol. The summed E-state index contributed by atoms with van der Waals surface area (Å²) in [5, 5.41) is 8.76. The molecule has 2 aromatic rings. The minimum Gasteiger partial charge on any atom is -0.310 e. The highest BCUT2D eigenvalue weighted by atomic mass is 19.1. The summed E-state index contributed by atoms with van der Waals surface area (Å²) < 4.78 is 14.0. The first kappa shape index (κ1) is 14.4. The number of rotatable bonds is 2. The van der Waals surface area contributed by atoms with E-state index >= 15 is 0 Å². The molecule has 1 aliphatic rings. The minimum atomic E-state index is -0.388. The van der Waals surface area contributed by atoms with Crippen molar-refractivity contribution in [2.24, 2.45) is 0 Å². The Hall–Kier alpha value is -2.52. The highest BCUT2D eigenvalue weighted by molar-refractivity contribution is 5.33. The van der Waals surface area contributed by atoms with E-state index in [2.05, 4.69) is 9.97 Å². The standard InChI is InChI=1S/C16H15FN4O/c1-10-19-15-4-5-21(9-13(15)16(22)20-10)8-12-3-2-11(7-18)6-14(12)17/h2-3,6H,4-5,8-9H2,1H3,(H,19,20,22). The predicted octanol–water partition coefficient (Wildman–Crippen LogP) is 1.65. The van der Waals surface area contributed by atoms with Gasteiger partial charge >= 0.3 is 0 Å². The largest absolute Gasteiger partial charge is 0.310 e. The number of hydrogen-bond acceptors (Lipinski definition) is 4. The van der Waals surface area contributed by atoms with Crippen molar-refractivity contribution < 1.29 is 4.39 Å². The molecule has 0 saturated carbocycles. The Labute approximate surface area is 127 Å². The van der Waals surface area contributed by atoms with Crippen molar-refractivity contribution in [3.63, 3.8) is 0 Å². The number of halogens is 1. The smallest absolute Gasteiger partial charge is 0.255 e. The molecule has 1 N–H and O–H groups in total. The summed E-state index contributed by atoms with van der Waals surface area (Å²) in [7, 11) is 0. The summed E-state index contributed by atoms with van der Waals surface area (Å²) in [6, 6.07) is 6.39. The van der Waals surface area contributed by atoms with Crippen LogP contribution in [0.15, 0.2) is 23.0 Å². The Morgan fingerprint density at radius 1 is 1.50 bits per heavy atom. The molecule has 0 spiro atoms. The number of aryl methyl sites for hydroxylation is 1. The van der Waals surface area contributed by atoms with Crippen LogP contribution in [0.4, 0.5) is 4.39 Å². The van der Waals surface area contributed by atoms with E-state index in [0.29, 0.717) is 42.0 Å². The van der Waals surface area contributed by atoms with Gasteiger partial charge in [-0.3, -0.25) is 9.69 Å². The molecule has 0 atom stereocenters. The van der Waals surface area contributed by atoms with Gasteiger partial charge in [-0.25, -0.2) is 9.37 Å². The predicted molar refractivity (Wildman–Crippen MR) is 78.5 cm³/mol. The number of fused-ring (bicyclic) bond motifs is 1. The zero-order valence-corrected chi connectivity index (χ0v) is 12.2. The molecule has 0 bridgehead atoms. The maximum Gasteiger partial charge on any atom is 0.255 e. The molecule has 22 heavy (non-hydrogen) atoms. The molecule has 0 saturated heterocycles. The molecule has 0 unspecified atom stereocenters. The average Bonchev–Trinajstić information content (AvgIpc) is 2.49. The van der Waals surface area contributed by atoms with Crippen LogP contribution >= 0.6 is 0 Å². The van der Waals surface area contributed by atoms with Crippen LogP contribution in [-0.2, 0) is 19.5 Å². The lowest BCUT2D eigenvalue weighted by Crippen LogP contribution is -2.35. The van der Waals surface area contributed by atoms with Gasteiger partial charge < -0.3 is 4.98 Å². The van der Waals surface area contributed by atoms with Crippen molar-refractivity contribution in [1.82, 2.24) is 14.9 Å². The zero-order chi connectivity index (χ0) is 15.7. The molecule has 0 aliphatic carbocycles. The summed E-state index contributed by atoms with van der Waals surface area (Å²) in [5.41, 5.74) is 2.21. The fourth-order valence-electron chi connectivity index (χ4n) is 2.73. The quantitative estimate of drug-likeness (QED) is 0.915. The van der Waals surface area contributed by atoms with Crippen LogP contribution < -0.4 is 5.56 Å². The van der Waals surface area contributed by atoms with E-state index in [1.165, 1.54) is 6.07 Å². The number of hydrogen-bond donors (Lipinski definition) is 1. The van der Waals surface area contributed by atoms with E-state index in [0.717, 1.165) is 12.2 Å². The molecule has 6 heteroatoms. The number of aromatic amines is 1. The van der Waals surface area contributed by atoms with E-state index in [9.17, 15) is 9.18 Å². The van der Waals surface area contributed by atoms with Gasteiger partial charge in [-0.05, 0) is 19.1 Å². The van der Waals surface area contributed by atoms with Gasteiger partial charge in [-0.15, -0.1) is 0 Å². The zero-order valence-electron chi connectivity index (χ0n) is 12.2. The van der Waals surface area contributed by atoms with Crippen molar-refractivity contribution in [2.45, 2.75) is 26.4 Å². The van der Waals surface area contributed by atoms with Crippen LogP contribution in [0.2, 0.25) is 0 Å². The molecule has 0 radical (unpaired) electrons. The van der Waals surface area contributed by atoms with E-state index in [4.69, 9.17) is 5.26 Å². The lowest BCUT2D eigenvalue weighted by molar-refractivity contribution is 0.238. The van der Waals surface area contributed by atoms with E-state index < -0.39 is 0 Å². The van der Waals surface area contributed by atoms with Crippen LogP contribution in [0.1, 0.15) is 28.2 Å². The fraction of sp³-hybridized carbons (Fsp3) is 0.312. The second-order valence-electron chi connectivity index (χ2n) is 5.46. The summed E-state index contributed by atoms with van der Waals surface area (Å²) in [4.78, 5) is 21.1. The molecular formula is C16H15FN4O. The van der Waals surface area contributed by atoms with E-state index in [-0.39, 0.29) is 11.4 Å². The van der Waals surface area contributed by atoms with E-state index in [1.54, 1.807) is 19.1 Å². The van der Waals surface area contributed by atoms with Gasteiger partial charge in [0.2, 0.25) is 0 Å². The number of benzene rings is 1. The Morgan fingerprint density at radius 3 is 3.05 bits per heavy atom. The maximum atomic E-state index is 14.0. The topological polar surface area (TPSA) is 72.8 Å². The normalized spacial score (nSPS) is 14.4. The van der Waals surface area contributed by atoms with Crippen molar-refractivity contribution in [3.8, 4) is 6.07 Å². The van der Waals surface area contributed by atoms with Crippen LogP contribution in [0, 0.1) is 24.1 Å². The SMILES string of the molecule is Cc1nc2c(c(=O)[nH]1)CN(Cc1ccc(C#N)cc1F)CC2. The van der Waals surface area contributed by atoms with Crippen molar-refractivity contribution >= 4 is 0 Å². The Bertz CT molecular complexity index is 822. The molecule has 0 amide bonds. The Kier molecular flexibility index (Phi) is 3.73. The lowest BCUT2D eigenvalue weighted by Gasteiger charge is -2.27. The van der Waals surface area contributed by atoms with Gasteiger partial charge in [0, 0.05) is 31.6 Å². The average molecular weight is 298 g/mol.